The van der Waals surface area contributed by atoms with Crippen LogP contribution >= 0.6 is 0 Å². The maximum atomic E-state index is 12.2. The van der Waals surface area contributed by atoms with Gasteiger partial charge in [-0.2, -0.15) is 0 Å². The summed E-state index contributed by atoms with van der Waals surface area (Å²) in [7, 11) is 0. The molecule has 1 saturated heterocycles. The summed E-state index contributed by atoms with van der Waals surface area (Å²) in [4.78, 5) is 24.8. The van der Waals surface area contributed by atoms with Gasteiger partial charge in [-0.05, 0) is 44.0 Å². The number of rotatable bonds is 4. The van der Waals surface area contributed by atoms with E-state index in [-0.39, 0.29) is 30.9 Å². The topological polar surface area (TPSA) is 87.1 Å². The zero-order valence-corrected chi connectivity index (χ0v) is 11.9. The number of phenols is 1. The van der Waals surface area contributed by atoms with E-state index >= 15 is 0 Å². The van der Waals surface area contributed by atoms with E-state index in [2.05, 4.69) is 0 Å². The highest BCUT2D eigenvalue weighted by Crippen LogP contribution is 2.22. The van der Waals surface area contributed by atoms with Gasteiger partial charge in [0.15, 0.2) is 6.61 Å². The molecule has 1 aromatic carbocycles. The van der Waals surface area contributed by atoms with Gasteiger partial charge in [0, 0.05) is 12.6 Å². The predicted molar refractivity (Wildman–Crippen MR) is 75.1 cm³/mol. The number of carboxylic acids is 1. The van der Waals surface area contributed by atoms with Gasteiger partial charge in [-0.3, -0.25) is 9.59 Å². The highest BCUT2D eigenvalue weighted by atomic mass is 16.5. The number of nitrogens with zero attached hydrogens (tertiary/aromatic N) is 1. The summed E-state index contributed by atoms with van der Waals surface area (Å²) in [5.41, 5.74) is 0. The average molecular weight is 293 g/mol. The summed E-state index contributed by atoms with van der Waals surface area (Å²) in [6, 6.07) is 6.12. The molecule has 6 nitrogen and oxygen atoms in total. The van der Waals surface area contributed by atoms with Crippen molar-refractivity contribution in [2.75, 3.05) is 13.2 Å². The first-order valence-corrected chi connectivity index (χ1v) is 6.91. The average Bonchev–Trinajstić information content (AvgIpc) is 2.46. The third kappa shape index (κ3) is 3.87. The van der Waals surface area contributed by atoms with Crippen molar-refractivity contribution in [3.63, 3.8) is 0 Å². The Kier molecular flexibility index (Phi) is 4.67. The minimum Gasteiger partial charge on any atom is -0.508 e. The minimum absolute atomic E-state index is 0.0246. The second-order valence-electron chi connectivity index (χ2n) is 5.29. The van der Waals surface area contributed by atoms with Crippen molar-refractivity contribution in [2.45, 2.75) is 25.8 Å². The number of likely N-dealkylation sites (tertiary alicyclic amines) is 1. The first-order valence-electron chi connectivity index (χ1n) is 6.91. The van der Waals surface area contributed by atoms with Crippen molar-refractivity contribution in [3.05, 3.63) is 24.3 Å². The standard InChI is InChI=1S/C15H19NO5/c1-10-2-3-11(15(19)20)8-16(10)14(18)9-21-13-6-4-12(17)5-7-13/h4-7,10-11,17H,2-3,8-9H2,1H3,(H,19,20). The fourth-order valence-corrected chi connectivity index (χ4v) is 2.43. The van der Waals surface area contributed by atoms with E-state index in [1.165, 1.54) is 12.1 Å². The summed E-state index contributed by atoms with van der Waals surface area (Å²) < 4.78 is 5.37. The molecule has 1 aliphatic heterocycles. The summed E-state index contributed by atoms with van der Waals surface area (Å²) in [6.45, 7) is 2.01. The maximum Gasteiger partial charge on any atom is 0.308 e. The number of carbonyl (C=O) groups excluding carboxylic acids is 1. The number of aliphatic carboxylic acids is 1. The predicted octanol–water partition coefficient (Wildman–Crippen LogP) is 1.48. The molecule has 2 atom stereocenters. The van der Waals surface area contributed by atoms with Gasteiger partial charge >= 0.3 is 5.97 Å². The molecular formula is C15H19NO5. The van der Waals surface area contributed by atoms with E-state index in [1.807, 2.05) is 6.92 Å². The minimum atomic E-state index is -0.862. The zero-order valence-electron chi connectivity index (χ0n) is 11.9. The van der Waals surface area contributed by atoms with Gasteiger partial charge in [-0.1, -0.05) is 0 Å². The Labute approximate surface area is 122 Å². The molecule has 0 radical (unpaired) electrons. The lowest BCUT2D eigenvalue weighted by Crippen LogP contribution is -2.49. The van der Waals surface area contributed by atoms with Gasteiger partial charge in [0.25, 0.3) is 5.91 Å². The van der Waals surface area contributed by atoms with Gasteiger partial charge in [-0.25, -0.2) is 0 Å². The second-order valence-corrected chi connectivity index (χ2v) is 5.29. The molecule has 2 unspecified atom stereocenters. The fraction of sp³-hybridized carbons (Fsp3) is 0.467. The quantitative estimate of drug-likeness (QED) is 0.878. The van der Waals surface area contributed by atoms with Gasteiger partial charge in [-0.15, -0.1) is 0 Å². The monoisotopic (exact) mass is 293 g/mol. The van der Waals surface area contributed by atoms with Gasteiger partial charge < -0.3 is 19.8 Å². The van der Waals surface area contributed by atoms with Crippen LogP contribution in [0.15, 0.2) is 24.3 Å². The van der Waals surface area contributed by atoms with E-state index in [0.717, 1.165) is 0 Å². The number of phenolic OH excluding ortho intramolecular Hbond substituents is 1. The van der Waals surface area contributed by atoms with Crippen LogP contribution in [0.1, 0.15) is 19.8 Å². The van der Waals surface area contributed by atoms with Crippen molar-refractivity contribution in [2.24, 2.45) is 5.92 Å². The Bertz CT molecular complexity index is 513. The van der Waals surface area contributed by atoms with Crippen molar-refractivity contribution in [1.29, 1.82) is 0 Å². The smallest absolute Gasteiger partial charge is 0.308 e. The number of benzene rings is 1. The zero-order chi connectivity index (χ0) is 15.4. The number of carbonyl (C=O) groups is 2. The van der Waals surface area contributed by atoms with E-state index < -0.39 is 11.9 Å². The van der Waals surface area contributed by atoms with Crippen LogP contribution in [0.25, 0.3) is 0 Å². The Morgan fingerprint density at radius 2 is 1.95 bits per heavy atom. The van der Waals surface area contributed by atoms with Gasteiger partial charge in [0.1, 0.15) is 11.5 Å². The van der Waals surface area contributed by atoms with Crippen LogP contribution in [0.3, 0.4) is 0 Å². The maximum absolute atomic E-state index is 12.2. The Hall–Kier alpha value is -2.24. The van der Waals surface area contributed by atoms with Crippen LogP contribution in [0, 0.1) is 5.92 Å². The molecule has 1 fully saturated rings. The third-order valence-corrected chi connectivity index (χ3v) is 3.75. The molecule has 0 aromatic heterocycles. The largest absolute Gasteiger partial charge is 0.508 e. The third-order valence-electron chi connectivity index (χ3n) is 3.75. The van der Waals surface area contributed by atoms with Crippen LogP contribution in [0.4, 0.5) is 0 Å². The normalized spacial score (nSPS) is 21.9. The Morgan fingerprint density at radius 3 is 2.57 bits per heavy atom. The Balaban J connectivity index is 1.92. The SMILES string of the molecule is CC1CCC(C(=O)O)CN1C(=O)COc1ccc(O)cc1. The molecule has 1 aliphatic rings. The van der Waals surface area contributed by atoms with Gasteiger partial charge in [0.2, 0.25) is 0 Å². The number of aromatic hydroxyl groups is 1. The molecule has 2 rings (SSSR count). The number of carboxylic acid groups (broad SMARTS) is 1. The summed E-state index contributed by atoms with van der Waals surface area (Å²) >= 11 is 0. The van der Waals surface area contributed by atoms with Crippen LogP contribution in [-0.4, -0.2) is 46.2 Å². The molecule has 0 saturated carbocycles. The molecule has 2 N–H and O–H groups in total. The number of hydrogen-bond acceptors (Lipinski definition) is 4. The number of hydrogen-bond donors (Lipinski definition) is 2. The fourth-order valence-electron chi connectivity index (χ4n) is 2.43. The lowest BCUT2D eigenvalue weighted by Gasteiger charge is -2.36. The van der Waals surface area contributed by atoms with Crippen LogP contribution in [0.5, 0.6) is 11.5 Å². The van der Waals surface area contributed by atoms with E-state index in [1.54, 1.807) is 17.0 Å². The Morgan fingerprint density at radius 1 is 1.29 bits per heavy atom. The van der Waals surface area contributed by atoms with E-state index in [9.17, 15) is 9.59 Å². The molecule has 6 heteroatoms. The summed E-state index contributed by atoms with van der Waals surface area (Å²) in [6.07, 6.45) is 1.28. The molecule has 114 valence electrons. The van der Waals surface area contributed by atoms with Crippen LogP contribution in [-0.2, 0) is 9.59 Å². The van der Waals surface area contributed by atoms with Crippen molar-refractivity contribution in [3.8, 4) is 11.5 Å². The van der Waals surface area contributed by atoms with Gasteiger partial charge in [0.05, 0.1) is 5.92 Å². The lowest BCUT2D eigenvalue weighted by atomic mass is 9.93. The first-order chi connectivity index (χ1) is 9.97. The molecule has 0 bridgehead atoms. The second kappa shape index (κ2) is 6.47. The number of ether oxygens (including phenoxy) is 1. The molecule has 1 heterocycles. The highest BCUT2D eigenvalue weighted by Gasteiger charge is 2.32. The molecule has 0 spiro atoms. The van der Waals surface area contributed by atoms with Crippen LogP contribution in [0.2, 0.25) is 0 Å². The molecule has 21 heavy (non-hydrogen) atoms. The van der Waals surface area contributed by atoms with Crippen molar-refractivity contribution in [1.82, 2.24) is 4.90 Å². The van der Waals surface area contributed by atoms with Crippen LogP contribution < -0.4 is 4.74 Å². The molecule has 1 amide bonds. The van der Waals surface area contributed by atoms with E-state index in [0.29, 0.717) is 18.6 Å². The van der Waals surface area contributed by atoms with Crippen molar-refractivity contribution >= 4 is 11.9 Å². The van der Waals surface area contributed by atoms with Crippen molar-refractivity contribution < 1.29 is 24.5 Å². The summed E-state index contributed by atoms with van der Waals surface area (Å²) in [5.74, 6) is -0.970. The molecule has 1 aromatic rings. The lowest BCUT2D eigenvalue weighted by molar-refractivity contribution is -0.147. The summed E-state index contributed by atoms with van der Waals surface area (Å²) in [5, 5.41) is 18.2. The van der Waals surface area contributed by atoms with E-state index in [4.69, 9.17) is 14.9 Å². The first kappa shape index (κ1) is 15.2. The molecule has 0 aliphatic carbocycles. The number of piperidine rings is 1. The molecular weight excluding hydrogens is 274 g/mol. The number of amides is 1. The highest BCUT2D eigenvalue weighted by molar-refractivity contribution is 5.79.